The van der Waals surface area contributed by atoms with E-state index in [4.69, 9.17) is 0 Å². The molecule has 4 aromatic rings. The van der Waals surface area contributed by atoms with Crippen molar-refractivity contribution < 1.29 is 8.42 Å². The topological polar surface area (TPSA) is 101 Å². The molecule has 0 saturated heterocycles. The van der Waals surface area contributed by atoms with Crippen LogP contribution in [0.4, 0.5) is 0 Å². The van der Waals surface area contributed by atoms with Crippen LogP contribution >= 0.6 is 23.1 Å². The molecule has 0 bridgehead atoms. The smallest absolute Gasteiger partial charge is 0.214 e. The van der Waals surface area contributed by atoms with Gasteiger partial charge in [-0.25, -0.2) is 23.4 Å². The van der Waals surface area contributed by atoms with Crippen LogP contribution in [0, 0.1) is 0 Å². The number of aromatic amines is 1. The standard InChI is InChI=1S/C15H11N5O2S3/c1-25(21,22)10-4-2-3-9(5-10)11-6-23-13-12(11)14(17-7-16-13)24-15-18-8-19-20-15/h2-8H,1H3,(H,18,19,20). The molecule has 0 spiro atoms. The highest BCUT2D eigenvalue weighted by atomic mass is 32.2. The number of fused-ring (bicyclic) bond motifs is 1. The van der Waals surface area contributed by atoms with Gasteiger partial charge in [0.1, 0.15) is 22.5 Å². The molecule has 0 aliphatic rings. The first-order chi connectivity index (χ1) is 12.0. The summed E-state index contributed by atoms with van der Waals surface area (Å²) < 4.78 is 23.7. The summed E-state index contributed by atoms with van der Waals surface area (Å²) in [5.74, 6) is 0. The molecule has 0 unspecified atom stereocenters. The average Bonchev–Trinajstić information content (AvgIpc) is 3.24. The van der Waals surface area contributed by atoms with Gasteiger partial charge in [-0.1, -0.05) is 12.1 Å². The zero-order valence-corrected chi connectivity index (χ0v) is 15.3. The van der Waals surface area contributed by atoms with E-state index < -0.39 is 9.84 Å². The molecule has 0 amide bonds. The fraction of sp³-hybridized carbons (Fsp3) is 0.0667. The van der Waals surface area contributed by atoms with Crippen LogP contribution in [0.2, 0.25) is 0 Å². The molecule has 0 atom stereocenters. The summed E-state index contributed by atoms with van der Waals surface area (Å²) in [7, 11) is -3.28. The second-order valence-electron chi connectivity index (χ2n) is 5.19. The first-order valence-electron chi connectivity index (χ1n) is 7.09. The number of aromatic nitrogens is 5. The number of nitrogens with zero attached hydrogens (tertiary/aromatic N) is 4. The number of hydrogen-bond donors (Lipinski definition) is 1. The molecular formula is C15H11N5O2S3. The lowest BCUT2D eigenvalue weighted by atomic mass is 10.1. The molecule has 126 valence electrons. The third kappa shape index (κ3) is 3.15. The summed E-state index contributed by atoms with van der Waals surface area (Å²) in [4.78, 5) is 13.9. The molecule has 10 heteroatoms. The second kappa shape index (κ2) is 6.21. The van der Waals surface area contributed by atoms with Crippen molar-refractivity contribution in [1.82, 2.24) is 25.1 Å². The van der Waals surface area contributed by atoms with Crippen LogP contribution in [-0.4, -0.2) is 39.8 Å². The van der Waals surface area contributed by atoms with Crippen molar-refractivity contribution in [1.29, 1.82) is 0 Å². The van der Waals surface area contributed by atoms with E-state index in [1.807, 2.05) is 11.4 Å². The Bertz CT molecular complexity index is 1150. The Balaban J connectivity index is 1.89. The van der Waals surface area contributed by atoms with Crippen molar-refractivity contribution in [2.75, 3.05) is 6.26 Å². The van der Waals surface area contributed by atoms with Crippen molar-refractivity contribution in [2.45, 2.75) is 15.1 Å². The molecule has 0 radical (unpaired) electrons. The van der Waals surface area contributed by atoms with Crippen LogP contribution in [0.25, 0.3) is 21.3 Å². The lowest BCUT2D eigenvalue weighted by Crippen LogP contribution is -1.96. The predicted octanol–water partition coefficient (Wildman–Crippen LogP) is 3.03. The summed E-state index contributed by atoms with van der Waals surface area (Å²) in [6.07, 6.45) is 4.21. The van der Waals surface area contributed by atoms with Gasteiger partial charge in [0, 0.05) is 17.2 Å². The molecule has 3 aromatic heterocycles. The Morgan fingerprint density at radius 1 is 1.20 bits per heavy atom. The Kier molecular flexibility index (Phi) is 4.02. The minimum atomic E-state index is -3.28. The fourth-order valence-corrected chi connectivity index (χ4v) is 4.80. The lowest BCUT2D eigenvalue weighted by molar-refractivity contribution is 0.602. The fourth-order valence-electron chi connectivity index (χ4n) is 2.36. The molecule has 4 rings (SSSR count). The molecule has 7 nitrogen and oxygen atoms in total. The van der Waals surface area contributed by atoms with E-state index >= 15 is 0 Å². The third-order valence-corrected chi connectivity index (χ3v) is 6.37. The number of sulfone groups is 1. The first-order valence-corrected chi connectivity index (χ1v) is 10.7. The lowest BCUT2D eigenvalue weighted by Gasteiger charge is -2.05. The van der Waals surface area contributed by atoms with Crippen LogP contribution in [0.1, 0.15) is 0 Å². The van der Waals surface area contributed by atoms with Gasteiger partial charge in [-0.05, 0) is 29.5 Å². The maximum Gasteiger partial charge on any atom is 0.214 e. The summed E-state index contributed by atoms with van der Waals surface area (Å²) in [6, 6.07) is 6.88. The van der Waals surface area contributed by atoms with E-state index in [1.165, 1.54) is 42.0 Å². The van der Waals surface area contributed by atoms with Crippen LogP contribution in [0.5, 0.6) is 0 Å². The summed E-state index contributed by atoms with van der Waals surface area (Å²) in [5, 5.41) is 10.8. The van der Waals surface area contributed by atoms with Gasteiger partial charge in [-0.15, -0.1) is 16.4 Å². The van der Waals surface area contributed by atoms with Crippen LogP contribution in [0.3, 0.4) is 0 Å². The number of H-pyrrole nitrogens is 1. The predicted molar refractivity (Wildman–Crippen MR) is 96.5 cm³/mol. The van der Waals surface area contributed by atoms with E-state index in [0.717, 1.165) is 26.4 Å². The molecule has 0 aliphatic carbocycles. The minimum Gasteiger partial charge on any atom is -0.265 e. The number of rotatable bonds is 4. The summed E-state index contributed by atoms with van der Waals surface area (Å²) >= 11 is 2.82. The van der Waals surface area contributed by atoms with E-state index in [0.29, 0.717) is 5.16 Å². The molecule has 25 heavy (non-hydrogen) atoms. The van der Waals surface area contributed by atoms with Gasteiger partial charge in [0.2, 0.25) is 5.16 Å². The number of nitrogens with one attached hydrogen (secondary N) is 1. The van der Waals surface area contributed by atoms with Gasteiger partial charge in [-0.2, -0.15) is 0 Å². The van der Waals surface area contributed by atoms with E-state index in [2.05, 4.69) is 25.1 Å². The van der Waals surface area contributed by atoms with Crippen LogP contribution in [0.15, 0.2) is 57.4 Å². The quantitative estimate of drug-likeness (QED) is 0.535. The summed E-state index contributed by atoms with van der Waals surface area (Å²) in [6.45, 7) is 0. The Labute approximate surface area is 151 Å². The van der Waals surface area contributed by atoms with Crippen molar-refractivity contribution in [2.24, 2.45) is 0 Å². The minimum absolute atomic E-state index is 0.282. The molecule has 1 aromatic carbocycles. The molecule has 0 fully saturated rings. The van der Waals surface area contributed by atoms with Crippen molar-refractivity contribution in [3.63, 3.8) is 0 Å². The van der Waals surface area contributed by atoms with Gasteiger partial charge < -0.3 is 0 Å². The highest BCUT2D eigenvalue weighted by Gasteiger charge is 2.16. The van der Waals surface area contributed by atoms with Crippen molar-refractivity contribution in [3.05, 3.63) is 42.3 Å². The Morgan fingerprint density at radius 3 is 2.84 bits per heavy atom. The van der Waals surface area contributed by atoms with Gasteiger partial charge >= 0.3 is 0 Å². The molecule has 0 aliphatic heterocycles. The number of hydrogen-bond acceptors (Lipinski definition) is 8. The molecule has 0 saturated carbocycles. The highest BCUT2D eigenvalue weighted by Crippen LogP contribution is 2.39. The first kappa shape index (κ1) is 16.2. The SMILES string of the molecule is CS(=O)(=O)c1cccc(-c2csc3ncnc(Sc4nc[nH]n4)c23)c1. The molecular weight excluding hydrogens is 378 g/mol. The highest BCUT2D eigenvalue weighted by molar-refractivity contribution is 7.99. The zero-order chi connectivity index (χ0) is 17.4. The van der Waals surface area contributed by atoms with E-state index in [-0.39, 0.29) is 4.90 Å². The monoisotopic (exact) mass is 389 g/mol. The van der Waals surface area contributed by atoms with Crippen molar-refractivity contribution >= 4 is 43.2 Å². The normalized spacial score (nSPS) is 11.9. The summed E-state index contributed by atoms with van der Waals surface area (Å²) in [5.41, 5.74) is 1.70. The number of benzene rings is 1. The van der Waals surface area contributed by atoms with Gasteiger partial charge in [0.25, 0.3) is 0 Å². The van der Waals surface area contributed by atoms with E-state index in [9.17, 15) is 8.42 Å². The maximum absolute atomic E-state index is 11.9. The maximum atomic E-state index is 11.9. The van der Waals surface area contributed by atoms with E-state index in [1.54, 1.807) is 18.2 Å². The van der Waals surface area contributed by atoms with Crippen molar-refractivity contribution in [3.8, 4) is 11.1 Å². The van der Waals surface area contributed by atoms with Gasteiger partial charge in [-0.3, -0.25) is 5.10 Å². The van der Waals surface area contributed by atoms with Crippen LogP contribution in [-0.2, 0) is 9.84 Å². The Hall–Kier alpha value is -2.30. The Morgan fingerprint density at radius 2 is 2.08 bits per heavy atom. The number of thiophene rings is 1. The largest absolute Gasteiger partial charge is 0.265 e. The zero-order valence-electron chi connectivity index (χ0n) is 12.9. The van der Waals surface area contributed by atoms with Gasteiger partial charge in [0.15, 0.2) is 9.84 Å². The average molecular weight is 389 g/mol. The van der Waals surface area contributed by atoms with Crippen LogP contribution < -0.4 is 0 Å². The second-order valence-corrected chi connectivity index (χ2v) is 9.02. The molecule has 3 heterocycles. The molecule has 1 N–H and O–H groups in total. The van der Waals surface area contributed by atoms with Gasteiger partial charge in [0.05, 0.1) is 10.3 Å². The third-order valence-electron chi connectivity index (χ3n) is 3.49.